The van der Waals surface area contributed by atoms with Crippen molar-refractivity contribution < 1.29 is 8.42 Å². The fourth-order valence-corrected chi connectivity index (χ4v) is 5.56. The molecule has 0 aromatic heterocycles. The summed E-state index contributed by atoms with van der Waals surface area (Å²) in [5, 5.41) is 0. The Balaban J connectivity index is 1.57. The van der Waals surface area contributed by atoms with Gasteiger partial charge in [-0.15, -0.1) is 0 Å². The lowest BCUT2D eigenvalue weighted by Gasteiger charge is -2.50. The van der Waals surface area contributed by atoms with Gasteiger partial charge in [0.25, 0.3) is 0 Å². The van der Waals surface area contributed by atoms with Gasteiger partial charge in [0.1, 0.15) is 0 Å². The molecule has 1 aromatic rings. The molecule has 0 aliphatic carbocycles. The third-order valence-electron chi connectivity index (χ3n) is 6.24. The Bertz CT molecular complexity index is 686. The Morgan fingerprint density at radius 2 is 1.88 bits per heavy atom. The molecular formula is C20H33N3O2S. The normalized spacial score (nSPS) is 28.6. The molecule has 0 radical (unpaired) electrons. The molecule has 0 amide bonds. The first-order chi connectivity index (χ1) is 12.4. The molecule has 4 atom stereocenters. The van der Waals surface area contributed by atoms with E-state index in [9.17, 15) is 8.42 Å². The summed E-state index contributed by atoms with van der Waals surface area (Å²) in [6, 6.07) is 7.40. The molecule has 0 spiro atoms. The summed E-state index contributed by atoms with van der Waals surface area (Å²) in [5.41, 5.74) is 1.07. The molecule has 1 N–H and O–H groups in total. The maximum atomic E-state index is 12.5. The Morgan fingerprint density at radius 1 is 1.19 bits per heavy atom. The van der Waals surface area contributed by atoms with Gasteiger partial charge in [-0.3, -0.25) is 4.90 Å². The molecule has 3 saturated heterocycles. The highest BCUT2D eigenvalue weighted by atomic mass is 32.2. The van der Waals surface area contributed by atoms with E-state index in [0.717, 1.165) is 50.0 Å². The molecule has 3 heterocycles. The second kappa shape index (κ2) is 8.38. The maximum absolute atomic E-state index is 12.5. The van der Waals surface area contributed by atoms with Crippen LogP contribution in [0.4, 0.5) is 0 Å². The van der Waals surface area contributed by atoms with Gasteiger partial charge in [0.05, 0.1) is 4.90 Å². The second-order valence-electron chi connectivity index (χ2n) is 7.84. The van der Waals surface area contributed by atoms with Gasteiger partial charge in [-0.25, -0.2) is 13.1 Å². The van der Waals surface area contributed by atoms with Crippen molar-refractivity contribution in [3.63, 3.8) is 0 Å². The number of fused-ring (bicyclic) bond motifs is 3. The van der Waals surface area contributed by atoms with E-state index in [1.807, 2.05) is 19.1 Å². The number of sulfonamides is 1. The maximum Gasteiger partial charge on any atom is 0.240 e. The number of rotatable bonds is 8. The number of piperidine rings is 3. The first kappa shape index (κ1) is 19.8. The number of nitrogens with one attached hydrogen (secondary N) is 1. The molecule has 3 aliphatic rings. The van der Waals surface area contributed by atoms with E-state index in [2.05, 4.69) is 28.4 Å². The van der Waals surface area contributed by atoms with Gasteiger partial charge in [0, 0.05) is 25.7 Å². The number of nitrogens with zero attached hydrogens (tertiary/aromatic N) is 2. The Labute approximate surface area is 158 Å². The van der Waals surface area contributed by atoms with Gasteiger partial charge in [-0.2, -0.15) is 0 Å². The molecule has 4 rings (SSSR count). The minimum absolute atomic E-state index is 0.335. The van der Waals surface area contributed by atoms with Crippen molar-refractivity contribution in [2.75, 3.05) is 39.3 Å². The smallest absolute Gasteiger partial charge is 0.240 e. The van der Waals surface area contributed by atoms with Crippen molar-refractivity contribution in [3.05, 3.63) is 29.8 Å². The summed E-state index contributed by atoms with van der Waals surface area (Å²) >= 11 is 0. The van der Waals surface area contributed by atoms with Crippen LogP contribution in [0, 0.1) is 18.8 Å². The molecule has 1 aromatic carbocycles. The molecule has 3 fully saturated rings. The van der Waals surface area contributed by atoms with Crippen molar-refractivity contribution in [3.8, 4) is 0 Å². The highest BCUT2D eigenvalue weighted by molar-refractivity contribution is 7.89. The fraction of sp³-hybridized carbons (Fsp3) is 0.700. The highest BCUT2D eigenvalue weighted by Crippen LogP contribution is 2.36. The van der Waals surface area contributed by atoms with Crippen LogP contribution in [0.2, 0.25) is 0 Å². The summed E-state index contributed by atoms with van der Waals surface area (Å²) in [5.74, 6) is 1.46. The molecule has 26 heavy (non-hydrogen) atoms. The van der Waals surface area contributed by atoms with Crippen LogP contribution in [-0.2, 0) is 10.0 Å². The number of hydrogen-bond donors (Lipinski definition) is 1. The largest absolute Gasteiger partial charge is 0.304 e. The van der Waals surface area contributed by atoms with Crippen LogP contribution in [0.25, 0.3) is 0 Å². The average Bonchev–Trinajstić information content (AvgIpc) is 2.65. The van der Waals surface area contributed by atoms with E-state index in [1.165, 1.54) is 13.0 Å². The summed E-state index contributed by atoms with van der Waals surface area (Å²) < 4.78 is 27.9. The monoisotopic (exact) mass is 379 g/mol. The molecule has 146 valence electrons. The minimum Gasteiger partial charge on any atom is -0.304 e. The van der Waals surface area contributed by atoms with Gasteiger partial charge in [0.2, 0.25) is 10.0 Å². The standard InChI is InChI=1S/C20H33N3O2S/c1-4-22(5-2)14-18-15-23-11-10-17(18)12-19(23)13-21-26(24,25)20-8-6-16(3)7-9-20/h6-9,17-19,21H,4-5,10-15H2,1-3H3. The molecule has 2 bridgehead atoms. The zero-order valence-electron chi connectivity index (χ0n) is 16.3. The summed E-state index contributed by atoms with van der Waals surface area (Å²) in [6.45, 7) is 12.6. The van der Waals surface area contributed by atoms with Crippen molar-refractivity contribution >= 4 is 10.0 Å². The first-order valence-corrected chi connectivity index (χ1v) is 11.4. The van der Waals surface area contributed by atoms with E-state index in [1.54, 1.807) is 12.1 Å². The van der Waals surface area contributed by atoms with Crippen molar-refractivity contribution in [2.24, 2.45) is 11.8 Å². The van der Waals surface area contributed by atoms with Gasteiger partial charge in [-0.1, -0.05) is 31.5 Å². The van der Waals surface area contributed by atoms with Crippen LogP contribution in [0.1, 0.15) is 32.3 Å². The van der Waals surface area contributed by atoms with Crippen LogP contribution in [0.5, 0.6) is 0 Å². The summed E-state index contributed by atoms with van der Waals surface area (Å²) in [4.78, 5) is 5.38. The third kappa shape index (κ3) is 4.47. The van der Waals surface area contributed by atoms with E-state index < -0.39 is 10.0 Å². The zero-order chi connectivity index (χ0) is 18.7. The molecule has 0 saturated carbocycles. The average molecular weight is 380 g/mol. The van der Waals surface area contributed by atoms with Crippen molar-refractivity contribution in [2.45, 2.75) is 44.6 Å². The van der Waals surface area contributed by atoms with Crippen LogP contribution >= 0.6 is 0 Å². The van der Waals surface area contributed by atoms with Crippen molar-refractivity contribution in [1.29, 1.82) is 0 Å². The topological polar surface area (TPSA) is 52.6 Å². The number of benzene rings is 1. The van der Waals surface area contributed by atoms with E-state index in [0.29, 0.717) is 17.5 Å². The molecule has 3 aliphatic heterocycles. The quantitative estimate of drug-likeness (QED) is 0.753. The lowest BCUT2D eigenvalue weighted by molar-refractivity contribution is -0.00911. The van der Waals surface area contributed by atoms with Gasteiger partial charge >= 0.3 is 0 Å². The molecule has 6 heteroatoms. The number of aryl methyl sites for hydroxylation is 1. The van der Waals surface area contributed by atoms with E-state index in [-0.39, 0.29) is 0 Å². The van der Waals surface area contributed by atoms with Gasteiger partial charge < -0.3 is 4.90 Å². The summed E-state index contributed by atoms with van der Waals surface area (Å²) in [6.07, 6.45) is 2.37. The van der Waals surface area contributed by atoms with E-state index >= 15 is 0 Å². The molecular weight excluding hydrogens is 346 g/mol. The van der Waals surface area contributed by atoms with Crippen LogP contribution in [0.3, 0.4) is 0 Å². The predicted octanol–water partition coefficient (Wildman–Crippen LogP) is 2.33. The molecule has 5 nitrogen and oxygen atoms in total. The van der Waals surface area contributed by atoms with E-state index in [4.69, 9.17) is 0 Å². The Hall–Kier alpha value is -0.950. The molecule has 4 unspecified atom stereocenters. The minimum atomic E-state index is -3.42. The summed E-state index contributed by atoms with van der Waals surface area (Å²) in [7, 11) is -3.42. The lowest BCUT2D eigenvalue weighted by atomic mass is 9.75. The van der Waals surface area contributed by atoms with Crippen LogP contribution in [-0.4, -0.2) is 63.5 Å². The van der Waals surface area contributed by atoms with Gasteiger partial charge in [0.15, 0.2) is 0 Å². The zero-order valence-corrected chi connectivity index (χ0v) is 17.1. The second-order valence-corrected chi connectivity index (χ2v) is 9.61. The van der Waals surface area contributed by atoms with Crippen molar-refractivity contribution in [1.82, 2.24) is 14.5 Å². The predicted molar refractivity (Wildman–Crippen MR) is 106 cm³/mol. The third-order valence-corrected chi connectivity index (χ3v) is 7.68. The van der Waals surface area contributed by atoms with Crippen LogP contribution in [0.15, 0.2) is 29.2 Å². The SMILES string of the molecule is CCN(CC)CC1CN2CCC1CC2CNS(=O)(=O)c1ccc(C)cc1. The van der Waals surface area contributed by atoms with Crippen LogP contribution < -0.4 is 4.72 Å². The fourth-order valence-electron chi connectivity index (χ4n) is 4.49. The lowest BCUT2D eigenvalue weighted by Crippen LogP contribution is -2.58. The Morgan fingerprint density at radius 3 is 2.46 bits per heavy atom. The number of hydrogen-bond acceptors (Lipinski definition) is 4. The Kier molecular flexibility index (Phi) is 6.38. The highest BCUT2D eigenvalue weighted by Gasteiger charge is 2.40. The first-order valence-electron chi connectivity index (χ1n) is 9.95. The van der Waals surface area contributed by atoms with Gasteiger partial charge in [-0.05, 0) is 63.4 Å².